The summed E-state index contributed by atoms with van der Waals surface area (Å²) in [5.41, 5.74) is 1.33. The van der Waals surface area contributed by atoms with E-state index in [1.165, 1.54) is 10.8 Å². The van der Waals surface area contributed by atoms with Crippen LogP contribution in [0.15, 0.2) is 18.5 Å². The van der Waals surface area contributed by atoms with Crippen molar-refractivity contribution < 1.29 is 4.79 Å². The lowest BCUT2D eigenvalue weighted by atomic mass is 10.5. The van der Waals surface area contributed by atoms with E-state index in [0.717, 1.165) is 0 Å². The second kappa shape index (κ2) is 2.57. The maximum absolute atomic E-state index is 10.4. The van der Waals surface area contributed by atoms with Crippen LogP contribution in [0, 0.1) is 0 Å². The summed E-state index contributed by atoms with van der Waals surface area (Å²) < 4.78 is 1.39. The zero-order valence-electron chi connectivity index (χ0n) is 5.94. The van der Waals surface area contributed by atoms with Crippen molar-refractivity contribution in [3.63, 3.8) is 0 Å². The van der Waals surface area contributed by atoms with Crippen LogP contribution < -0.4 is 0 Å². The molecule has 2 rings (SSSR count). The Morgan fingerprint density at radius 1 is 1.58 bits per heavy atom. The molecule has 4 nitrogen and oxygen atoms in total. The van der Waals surface area contributed by atoms with Crippen molar-refractivity contribution in [1.82, 2.24) is 14.5 Å². The van der Waals surface area contributed by atoms with Gasteiger partial charge in [0.2, 0.25) is 11.7 Å². The van der Waals surface area contributed by atoms with Crippen LogP contribution in [0.5, 0.6) is 0 Å². The molecular weight excluding hydrogens is 178 g/mol. The SMILES string of the molecule is O=Cn1ccc2nc(Cl)ncc21. The van der Waals surface area contributed by atoms with Crippen molar-refractivity contribution in [1.29, 1.82) is 0 Å². The maximum Gasteiger partial charge on any atom is 0.223 e. The third-order valence-electron chi connectivity index (χ3n) is 1.55. The second-order valence-electron chi connectivity index (χ2n) is 2.24. The summed E-state index contributed by atoms with van der Waals surface area (Å²) in [5, 5.41) is 0.186. The number of nitrogens with zero attached hydrogens (tertiary/aromatic N) is 3. The van der Waals surface area contributed by atoms with Crippen LogP contribution in [0.4, 0.5) is 0 Å². The van der Waals surface area contributed by atoms with E-state index in [1.807, 2.05) is 0 Å². The van der Waals surface area contributed by atoms with E-state index in [-0.39, 0.29) is 5.28 Å². The average molecular weight is 182 g/mol. The molecule has 0 aliphatic carbocycles. The maximum atomic E-state index is 10.4. The van der Waals surface area contributed by atoms with Gasteiger partial charge >= 0.3 is 0 Å². The Labute approximate surface area is 72.8 Å². The van der Waals surface area contributed by atoms with Gasteiger partial charge in [0.15, 0.2) is 0 Å². The van der Waals surface area contributed by atoms with E-state index in [9.17, 15) is 4.79 Å². The highest BCUT2D eigenvalue weighted by Crippen LogP contribution is 2.12. The van der Waals surface area contributed by atoms with Crippen LogP contribution in [0.2, 0.25) is 5.28 Å². The minimum Gasteiger partial charge on any atom is -0.287 e. The zero-order chi connectivity index (χ0) is 8.55. The Bertz CT molecular complexity index is 437. The highest BCUT2D eigenvalue weighted by molar-refractivity contribution is 6.28. The third-order valence-corrected chi connectivity index (χ3v) is 1.74. The fourth-order valence-corrected chi connectivity index (χ4v) is 1.15. The summed E-state index contributed by atoms with van der Waals surface area (Å²) >= 11 is 5.55. The Balaban J connectivity index is 2.81. The first-order valence-corrected chi connectivity index (χ1v) is 3.63. The summed E-state index contributed by atoms with van der Waals surface area (Å²) in [5.74, 6) is 0. The number of hydrogen-bond acceptors (Lipinski definition) is 3. The van der Waals surface area contributed by atoms with Crippen molar-refractivity contribution in [3.05, 3.63) is 23.7 Å². The highest BCUT2D eigenvalue weighted by Gasteiger charge is 2.01. The number of aromatic nitrogens is 3. The molecule has 2 aromatic rings. The van der Waals surface area contributed by atoms with Gasteiger partial charge in [-0.05, 0) is 17.7 Å². The minimum absolute atomic E-state index is 0.186. The lowest BCUT2D eigenvalue weighted by molar-refractivity contribution is 0.549. The third kappa shape index (κ3) is 0.967. The molecule has 0 aromatic carbocycles. The lowest BCUT2D eigenvalue weighted by Crippen LogP contribution is -1.92. The standard InChI is InChI=1S/C7H4ClN3O/c8-7-9-3-6-5(10-7)1-2-11(6)4-12/h1-4H. The zero-order valence-corrected chi connectivity index (χ0v) is 6.69. The van der Waals surface area contributed by atoms with E-state index < -0.39 is 0 Å². The quantitative estimate of drug-likeness (QED) is 0.489. The van der Waals surface area contributed by atoms with Gasteiger partial charge in [0.1, 0.15) is 0 Å². The number of fused-ring (bicyclic) bond motifs is 1. The first kappa shape index (κ1) is 7.24. The molecular formula is C7H4ClN3O. The molecule has 0 bridgehead atoms. The largest absolute Gasteiger partial charge is 0.287 e. The molecule has 0 atom stereocenters. The van der Waals surface area contributed by atoms with Gasteiger partial charge in [0, 0.05) is 6.20 Å². The average Bonchev–Trinajstić information content (AvgIpc) is 2.46. The van der Waals surface area contributed by atoms with Crippen LogP contribution in [0.3, 0.4) is 0 Å². The normalized spacial score (nSPS) is 10.4. The summed E-state index contributed by atoms with van der Waals surface area (Å²) in [7, 11) is 0. The van der Waals surface area contributed by atoms with Gasteiger partial charge in [0.05, 0.1) is 17.2 Å². The fraction of sp³-hybridized carbons (Fsp3) is 0. The number of carbonyl (C=O) groups is 1. The van der Waals surface area contributed by atoms with Gasteiger partial charge in [-0.3, -0.25) is 9.36 Å². The Morgan fingerprint density at radius 2 is 2.42 bits per heavy atom. The van der Waals surface area contributed by atoms with Crippen LogP contribution in [0.1, 0.15) is 0 Å². The van der Waals surface area contributed by atoms with E-state index in [0.29, 0.717) is 17.4 Å². The van der Waals surface area contributed by atoms with Crippen LogP contribution in [-0.4, -0.2) is 20.9 Å². The Morgan fingerprint density at radius 3 is 3.17 bits per heavy atom. The van der Waals surface area contributed by atoms with Crippen molar-refractivity contribution in [2.24, 2.45) is 0 Å². The molecule has 0 unspecified atom stereocenters. The molecule has 0 spiro atoms. The Kier molecular flexibility index (Phi) is 1.55. The molecule has 5 heteroatoms. The number of hydrogen-bond donors (Lipinski definition) is 0. The molecule has 0 radical (unpaired) electrons. The fourth-order valence-electron chi connectivity index (χ4n) is 1.01. The highest BCUT2D eigenvalue weighted by atomic mass is 35.5. The predicted octanol–water partition coefficient (Wildman–Crippen LogP) is 1.12. The number of rotatable bonds is 1. The van der Waals surface area contributed by atoms with Crippen LogP contribution in [-0.2, 0) is 4.79 Å². The molecule has 0 aliphatic heterocycles. The molecule has 0 saturated carbocycles. The molecule has 0 N–H and O–H groups in total. The monoisotopic (exact) mass is 181 g/mol. The smallest absolute Gasteiger partial charge is 0.223 e. The van der Waals surface area contributed by atoms with E-state index in [2.05, 4.69) is 9.97 Å². The first-order valence-electron chi connectivity index (χ1n) is 3.25. The lowest BCUT2D eigenvalue weighted by Gasteiger charge is -1.92. The van der Waals surface area contributed by atoms with Gasteiger partial charge in [-0.25, -0.2) is 9.97 Å². The van der Waals surface area contributed by atoms with Gasteiger partial charge in [-0.1, -0.05) is 0 Å². The van der Waals surface area contributed by atoms with Crippen molar-refractivity contribution in [2.45, 2.75) is 0 Å². The molecule has 12 heavy (non-hydrogen) atoms. The van der Waals surface area contributed by atoms with Crippen molar-refractivity contribution >= 4 is 29.0 Å². The van der Waals surface area contributed by atoms with Gasteiger partial charge in [-0.15, -0.1) is 0 Å². The van der Waals surface area contributed by atoms with Gasteiger partial charge in [-0.2, -0.15) is 0 Å². The second-order valence-corrected chi connectivity index (χ2v) is 2.58. The first-order chi connectivity index (χ1) is 5.81. The summed E-state index contributed by atoms with van der Waals surface area (Å²) in [6.07, 6.45) is 3.82. The van der Waals surface area contributed by atoms with Gasteiger partial charge in [0.25, 0.3) is 0 Å². The minimum atomic E-state index is 0.186. The molecule has 0 aliphatic rings. The number of halogens is 1. The summed E-state index contributed by atoms with van der Waals surface area (Å²) in [6, 6.07) is 1.71. The molecule has 2 aromatic heterocycles. The summed E-state index contributed by atoms with van der Waals surface area (Å²) in [4.78, 5) is 18.1. The van der Waals surface area contributed by atoms with E-state index in [4.69, 9.17) is 11.6 Å². The molecule has 60 valence electrons. The van der Waals surface area contributed by atoms with E-state index >= 15 is 0 Å². The molecule has 0 saturated heterocycles. The van der Waals surface area contributed by atoms with Crippen LogP contribution >= 0.6 is 11.6 Å². The van der Waals surface area contributed by atoms with Gasteiger partial charge < -0.3 is 0 Å². The van der Waals surface area contributed by atoms with Crippen LogP contribution in [0.25, 0.3) is 11.0 Å². The topological polar surface area (TPSA) is 47.8 Å². The molecule has 0 amide bonds. The Hall–Kier alpha value is -1.42. The predicted molar refractivity (Wildman–Crippen MR) is 44.7 cm³/mol. The van der Waals surface area contributed by atoms with Crippen molar-refractivity contribution in [3.8, 4) is 0 Å². The van der Waals surface area contributed by atoms with Crippen molar-refractivity contribution in [2.75, 3.05) is 0 Å². The molecule has 0 fully saturated rings. The van der Waals surface area contributed by atoms with E-state index in [1.54, 1.807) is 12.3 Å². The summed E-state index contributed by atoms with van der Waals surface area (Å²) in [6.45, 7) is 0. The number of carbonyl (C=O) groups excluding carboxylic acids is 1. The molecule has 2 heterocycles.